The van der Waals surface area contributed by atoms with Crippen LogP contribution in [0.25, 0.3) is 0 Å². The molecule has 0 saturated carbocycles. The normalized spacial score (nSPS) is 10.2. The maximum absolute atomic E-state index is 12.7. The summed E-state index contributed by atoms with van der Waals surface area (Å²) in [6, 6.07) is 2.14. The zero-order valence-corrected chi connectivity index (χ0v) is 7.72. The Morgan fingerprint density at radius 1 is 1.27 bits per heavy atom. The molecule has 0 unspecified atom stereocenters. The fourth-order valence-electron chi connectivity index (χ4n) is 0.666. The maximum Gasteiger partial charge on any atom is 0.140 e. The average molecular weight is 241 g/mol. The summed E-state index contributed by atoms with van der Waals surface area (Å²) in [5.41, 5.74) is 0.292. The number of hydrogen-bond donors (Lipinski definition) is 0. The van der Waals surface area contributed by atoms with E-state index in [1.54, 1.807) is 0 Å². The molecule has 0 aliphatic heterocycles. The van der Waals surface area contributed by atoms with E-state index in [0.29, 0.717) is 5.56 Å². The number of rotatable bonds is 1. The molecular weight excluding hydrogens is 237 g/mol. The molecule has 11 heavy (non-hydrogen) atoms. The molecule has 0 N–H and O–H groups in total. The Morgan fingerprint density at radius 2 is 1.91 bits per heavy atom. The number of benzene rings is 1. The number of halogens is 4. The molecular formula is C7H4BrClF2. The first-order chi connectivity index (χ1) is 5.15. The minimum absolute atomic E-state index is 0.0463. The van der Waals surface area contributed by atoms with Crippen molar-refractivity contribution in [2.24, 2.45) is 0 Å². The van der Waals surface area contributed by atoms with E-state index in [9.17, 15) is 8.78 Å². The van der Waals surface area contributed by atoms with Crippen LogP contribution < -0.4 is 0 Å². The molecule has 0 aromatic heterocycles. The van der Waals surface area contributed by atoms with Gasteiger partial charge in [-0.05, 0) is 22.0 Å². The molecule has 0 bridgehead atoms. The molecule has 0 aliphatic carbocycles. The predicted octanol–water partition coefficient (Wildman–Crippen LogP) is 3.47. The van der Waals surface area contributed by atoms with Crippen LogP contribution in [-0.4, -0.2) is 0 Å². The molecule has 0 amide bonds. The molecule has 0 atom stereocenters. The van der Waals surface area contributed by atoms with E-state index >= 15 is 0 Å². The van der Waals surface area contributed by atoms with Gasteiger partial charge in [-0.3, -0.25) is 0 Å². The zero-order chi connectivity index (χ0) is 8.43. The molecule has 60 valence electrons. The van der Waals surface area contributed by atoms with E-state index < -0.39 is 11.6 Å². The smallest absolute Gasteiger partial charge is 0.140 e. The van der Waals surface area contributed by atoms with Crippen LogP contribution in [-0.2, 0) is 5.88 Å². The Kier molecular flexibility index (Phi) is 2.84. The van der Waals surface area contributed by atoms with Gasteiger partial charge in [-0.25, -0.2) is 8.78 Å². The lowest BCUT2D eigenvalue weighted by Crippen LogP contribution is -1.88. The topological polar surface area (TPSA) is 0 Å². The van der Waals surface area contributed by atoms with Crippen LogP contribution in [0, 0.1) is 11.6 Å². The lowest BCUT2D eigenvalue weighted by Gasteiger charge is -1.99. The summed E-state index contributed by atoms with van der Waals surface area (Å²) >= 11 is 8.29. The van der Waals surface area contributed by atoms with E-state index in [1.165, 1.54) is 6.07 Å². The van der Waals surface area contributed by atoms with E-state index in [2.05, 4.69) is 15.9 Å². The third kappa shape index (κ3) is 1.91. The zero-order valence-electron chi connectivity index (χ0n) is 5.37. The SMILES string of the molecule is Fc1cc(F)c(CCl)cc1Br. The summed E-state index contributed by atoms with van der Waals surface area (Å²) in [5, 5.41) is 0. The van der Waals surface area contributed by atoms with E-state index in [1.807, 2.05) is 0 Å². The average Bonchev–Trinajstić information content (AvgIpc) is 1.97. The van der Waals surface area contributed by atoms with Gasteiger partial charge in [0.15, 0.2) is 0 Å². The summed E-state index contributed by atoms with van der Waals surface area (Å²) in [6.45, 7) is 0. The number of hydrogen-bond acceptors (Lipinski definition) is 0. The molecule has 0 radical (unpaired) electrons. The predicted molar refractivity (Wildman–Crippen MR) is 43.6 cm³/mol. The second kappa shape index (κ2) is 3.50. The first-order valence-electron chi connectivity index (χ1n) is 2.84. The van der Waals surface area contributed by atoms with Crippen LogP contribution in [0.1, 0.15) is 5.56 Å². The molecule has 1 aromatic rings. The van der Waals surface area contributed by atoms with E-state index in [-0.39, 0.29) is 10.4 Å². The summed E-state index contributed by atoms with van der Waals surface area (Å²) < 4.78 is 25.5. The molecule has 0 saturated heterocycles. The monoisotopic (exact) mass is 240 g/mol. The fourth-order valence-corrected chi connectivity index (χ4v) is 1.26. The van der Waals surface area contributed by atoms with Crippen LogP contribution in [0.2, 0.25) is 0 Å². The van der Waals surface area contributed by atoms with Crippen molar-refractivity contribution in [3.8, 4) is 0 Å². The standard InChI is InChI=1S/C7H4BrClF2/c8-5-1-4(3-9)6(10)2-7(5)11/h1-2H,3H2. The van der Waals surface area contributed by atoms with Crippen molar-refractivity contribution < 1.29 is 8.78 Å². The van der Waals surface area contributed by atoms with Crippen molar-refractivity contribution in [3.63, 3.8) is 0 Å². The molecule has 0 fully saturated rings. The highest BCUT2D eigenvalue weighted by molar-refractivity contribution is 9.10. The minimum atomic E-state index is -0.614. The Bertz CT molecular complexity index is 275. The van der Waals surface area contributed by atoms with Crippen LogP contribution in [0.3, 0.4) is 0 Å². The van der Waals surface area contributed by atoms with Gasteiger partial charge in [-0.1, -0.05) is 0 Å². The lowest BCUT2D eigenvalue weighted by molar-refractivity contribution is 0.572. The molecule has 1 aromatic carbocycles. The second-order valence-electron chi connectivity index (χ2n) is 1.99. The summed E-state index contributed by atoms with van der Waals surface area (Å²) in [5.74, 6) is -1.18. The van der Waals surface area contributed by atoms with Crippen LogP contribution in [0.4, 0.5) is 8.78 Å². The van der Waals surface area contributed by atoms with Crippen molar-refractivity contribution in [2.75, 3.05) is 0 Å². The largest absolute Gasteiger partial charge is 0.207 e. The van der Waals surface area contributed by atoms with Gasteiger partial charge in [0, 0.05) is 11.6 Å². The van der Waals surface area contributed by atoms with Crippen molar-refractivity contribution in [2.45, 2.75) is 5.88 Å². The first-order valence-corrected chi connectivity index (χ1v) is 4.17. The number of alkyl halides is 1. The quantitative estimate of drug-likeness (QED) is 0.522. The van der Waals surface area contributed by atoms with Crippen molar-refractivity contribution in [1.29, 1.82) is 0 Å². The highest BCUT2D eigenvalue weighted by atomic mass is 79.9. The summed E-state index contributed by atoms with van der Waals surface area (Å²) in [6.07, 6.45) is 0. The molecule has 1 rings (SSSR count). The third-order valence-corrected chi connectivity index (χ3v) is 2.13. The molecule has 0 aliphatic rings. The Balaban J connectivity index is 3.21. The fraction of sp³-hybridized carbons (Fsp3) is 0.143. The van der Waals surface area contributed by atoms with Crippen molar-refractivity contribution in [3.05, 3.63) is 33.8 Å². The molecule has 0 heterocycles. The van der Waals surface area contributed by atoms with Gasteiger partial charge in [0.1, 0.15) is 11.6 Å². The van der Waals surface area contributed by atoms with Gasteiger partial charge in [0.25, 0.3) is 0 Å². The van der Waals surface area contributed by atoms with Gasteiger partial charge in [-0.15, -0.1) is 11.6 Å². The summed E-state index contributed by atoms with van der Waals surface area (Å²) in [4.78, 5) is 0. The minimum Gasteiger partial charge on any atom is -0.207 e. The van der Waals surface area contributed by atoms with Crippen LogP contribution >= 0.6 is 27.5 Å². The Hall–Kier alpha value is -0.150. The Labute approximate surface area is 76.3 Å². The van der Waals surface area contributed by atoms with Gasteiger partial charge >= 0.3 is 0 Å². The lowest BCUT2D eigenvalue weighted by atomic mass is 10.2. The molecule has 4 heteroatoms. The first kappa shape index (κ1) is 8.94. The highest BCUT2D eigenvalue weighted by Gasteiger charge is 2.06. The maximum atomic E-state index is 12.7. The van der Waals surface area contributed by atoms with Gasteiger partial charge < -0.3 is 0 Å². The molecule has 0 spiro atoms. The Morgan fingerprint density at radius 3 is 2.45 bits per heavy atom. The second-order valence-corrected chi connectivity index (χ2v) is 3.11. The third-order valence-electron chi connectivity index (χ3n) is 1.23. The van der Waals surface area contributed by atoms with Crippen LogP contribution in [0.15, 0.2) is 16.6 Å². The highest BCUT2D eigenvalue weighted by Crippen LogP contribution is 2.20. The van der Waals surface area contributed by atoms with Gasteiger partial charge in [0.2, 0.25) is 0 Å². The van der Waals surface area contributed by atoms with Gasteiger partial charge in [0.05, 0.1) is 10.4 Å². The van der Waals surface area contributed by atoms with Crippen molar-refractivity contribution in [1.82, 2.24) is 0 Å². The summed E-state index contributed by atoms with van der Waals surface area (Å²) in [7, 11) is 0. The van der Waals surface area contributed by atoms with E-state index in [0.717, 1.165) is 6.07 Å². The van der Waals surface area contributed by atoms with Crippen LogP contribution in [0.5, 0.6) is 0 Å². The van der Waals surface area contributed by atoms with E-state index in [4.69, 9.17) is 11.6 Å². The molecule has 0 nitrogen and oxygen atoms in total. The van der Waals surface area contributed by atoms with Crippen molar-refractivity contribution >= 4 is 27.5 Å². The van der Waals surface area contributed by atoms with Gasteiger partial charge in [-0.2, -0.15) is 0 Å².